The lowest BCUT2D eigenvalue weighted by atomic mass is 9.94. The van der Waals surface area contributed by atoms with Gasteiger partial charge < -0.3 is 25.0 Å². The summed E-state index contributed by atoms with van der Waals surface area (Å²) >= 11 is 6.64. The Morgan fingerprint density at radius 1 is 1.13 bits per heavy atom. The molecule has 1 fully saturated rings. The van der Waals surface area contributed by atoms with Gasteiger partial charge in [-0.2, -0.15) is 41.4 Å². The van der Waals surface area contributed by atoms with E-state index >= 15 is 4.39 Å². The molecule has 10 nitrogen and oxygen atoms in total. The molecular formula is C28H27ClF7N7O3. The van der Waals surface area contributed by atoms with Crippen LogP contribution in [-0.2, 0) is 37.0 Å². The average molecular weight is 678 g/mol. The monoisotopic (exact) mass is 677 g/mol. The van der Waals surface area contributed by atoms with Crippen LogP contribution in [0.4, 0.5) is 42.2 Å². The molecule has 2 atom stereocenters. The van der Waals surface area contributed by atoms with Crippen LogP contribution in [0.5, 0.6) is 6.01 Å². The predicted molar refractivity (Wildman–Crippen MR) is 149 cm³/mol. The van der Waals surface area contributed by atoms with Crippen LogP contribution in [-0.4, -0.2) is 63.5 Å². The molecule has 2 N–H and O–H groups in total. The van der Waals surface area contributed by atoms with Crippen molar-refractivity contribution in [1.82, 2.24) is 24.6 Å². The molecule has 2 aromatic heterocycles. The second-order valence-electron chi connectivity index (χ2n) is 11.3. The molecule has 0 bridgehead atoms. The van der Waals surface area contributed by atoms with Crippen molar-refractivity contribution in [3.63, 3.8) is 0 Å². The van der Waals surface area contributed by atoms with E-state index in [2.05, 4.69) is 15.1 Å². The fourth-order valence-electron chi connectivity index (χ4n) is 6.10. The lowest BCUT2D eigenvalue weighted by Gasteiger charge is -2.31. The highest BCUT2D eigenvalue weighted by Crippen LogP contribution is 2.43. The predicted octanol–water partition coefficient (Wildman–Crippen LogP) is 5.32. The number of methoxy groups -OCH3 is 1. The second kappa shape index (κ2) is 11.7. The maximum absolute atomic E-state index is 15.1. The molecule has 46 heavy (non-hydrogen) atoms. The van der Waals surface area contributed by atoms with Crippen molar-refractivity contribution in [2.45, 2.75) is 57.4 Å². The van der Waals surface area contributed by atoms with Gasteiger partial charge in [-0.15, -0.1) is 0 Å². The number of aryl methyl sites for hydroxylation is 1. The maximum atomic E-state index is 15.1. The molecule has 0 radical (unpaired) electrons. The summed E-state index contributed by atoms with van der Waals surface area (Å²) in [6.07, 6.45) is -10.6. The number of benzene rings is 1. The largest absolute Gasteiger partial charge is 0.467 e. The standard InChI is InChI=1S/C28H27ClF7N7O3/c1-45-26-38-17-9-19(20-15(28(34,35)36)3-4-16(37)22(20)30)46-12-14(17)24(39-26)41-6-2-7-43-18(11-41)21(29)23(40-43)25(44)42-8-5-13(10-42)27(31,32)33/h3-4,13,19H,2,5-12,37H2,1H3. The Kier molecular flexibility index (Phi) is 8.19. The van der Waals surface area contributed by atoms with E-state index in [4.69, 9.17) is 26.8 Å². The molecule has 1 aromatic carbocycles. The first kappa shape index (κ1) is 32.1. The van der Waals surface area contributed by atoms with Crippen molar-refractivity contribution in [2.75, 3.05) is 37.4 Å². The first-order valence-electron chi connectivity index (χ1n) is 14.2. The van der Waals surface area contributed by atoms with Crippen molar-refractivity contribution in [3.8, 4) is 6.01 Å². The average Bonchev–Trinajstić information content (AvgIpc) is 3.56. The van der Waals surface area contributed by atoms with E-state index in [9.17, 15) is 31.1 Å². The molecule has 0 spiro atoms. The molecule has 5 heterocycles. The van der Waals surface area contributed by atoms with E-state index in [0.29, 0.717) is 42.7 Å². The number of nitrogen functional groups attached to an aromatic ring is 1. The van der Waals surface area contributed by atoms with Gasteiger partial charge in [0.2, 0.25) is 0 Å². The van der Waals surface area contributed by atoms with Gasteiger partial charge in [0.05, 0.1) is 59.9 Å². The Hall–Kier alpha value is -3.86. The summed E-state index contributed by atoms with van der Waals surface area (Å²) in [5.74, 6) is -3.22. The van der Waals surface area contributed by atoms with Crippen LogP contribution in [0.2, 0.25) is 5.02 Å². The number of halogens is 8. The van der Waals surface area contributed by atoms with Gasteiger partial charge in [0.15, 0.2) is 11.5 Å². The fourth-order valence-corrected chi connectivity index (χ4v) is 6.38. The molecule has 1 saturated heterocycles. The van der Waals surface area contributed by atoms with Gasteiger partial charge in [0, 0.05) is 43.7 Å². The number of rotatable bonds is 4. The van der Waals surface area contributed by atoms with E-state index in [-0.39, 0.29) is 55.0 Å². The first-order valence-corrected chi connectivity index (χ1v) is 14.6. The van der Waals surface area contributed by atoms with E-state index in [1.54, 1.807) is 4.90 Å². The minimum Gasteiger partial charge on any atom is -0.467 e. The van der Waals surface area contributed by atoms with E-state index in [0.717, 1.165) is 11.0 Å². The van der Waals surface area contributed by atoms with Crippen LogP contribution >= 0.6 is 11.6 Å². The van der Waals surface area contributed by atoms with Crippen molar-refractivity contribution >= 4 is 29.0 Å². The second-order valence-corrected chi connectivity index (χ2v) is 11.7. The number of fused-ring (bicyclic) bond motifs is 2. The van der Waals surface area contributed by atoms with Gasteiger partial charge in [-0.3, -0.25) is 9.48 Å². The number of hydrogen-bond acceptors (Lipinski definition) is 8. The number of carbonyl (C=O) groups is 1. The molecule has 0 saturated carbocycles. The minimum atomic E-state index is -4.87. The third-order valence-electron chi connectivity index (χ3n) is 8.45. The van der Waals surface area contributed by atoms with E-state index in [1.165, 1.54) is 11.8 Å². The summed E-state index contributed by atoms with van der Waals surface area (Å²) in [4.78, 5) is 24.9. The van der Waals surface area contributed by atoms with Crippen molar-refractivity contribution in [2.24, 2.45) is 5.92 Å². The third kappa shape index (κ3) is 5.78. The highest BCUT2D eigenvalue weighted by Gasteiger charge is 2.46. The number of hydrogen-bond donors (Lipinski definition) is 1. The Morgan fingerprint density at radius 2 is 1.89 bits per heavy atom. The fraction of sp³-hybridized carbons (Fsp3) is 0.500. The normalized spacial score (nSPS) is 20.4. The molecule has 3 aliphatic heterocycles. The summed E-state index contributed by atoms with van der Waals surface area (Å²) < 4.78 is 109. The number of likely N-dealkylation sites (tertiary alicyclic amines) is 1. The number of aromatic nitrogens is 4. The Bertz CT molecular complexity index is 1680. The summed E-state index contributed by atoms with van der Waals surface area (Å²) in [5, 5.41) is 4.34. The first-order chi connectivity index (χ1) is 21.7. The number of nitrogens with zero attached hydrogens (tertiary/aromatic N) is 6. The van der Waals surface area contributed by atoms with Crippen LogP contribution < -0.4 is 15.4 Å². The van der Waals surface area contributed by atoms with Gasteiger partial charge in [-0.05, 0) is 25.0 Å². The van der Waals surface area contributed by atoms with Crippen LogP contribution in [0.3, 0.4) is 0 Å². The Labute approximate surface area is 262 Å². The summed E-state index contributed by atoms with van der Waals surface area (Å²) in [6.45, 7) is -0.0194. The summed E-state index contributed by atoms with van der Waals surface area (Å²) in [7, 11) is 1.32. The summed E-state index contributed by atoms with van der Waals surface area (Å²) in [6, 6.07) is 1.46. The van der Waals surface area contributed by atoms with Crippen molar-refractivity contribution < 1.29 is 45.0 Å². The molecule has 6 rings (SSSR count). The summed E-state index contributed by atoms with van der Waals surface area (Å²) in [5.41, 5.74) is 4.20. The van der Waals surface area contributed by atoms with Crippen LogP contribution in [0.1, 0.15) is 57.5 Å². The van der Waals surface area contributed by atoms with Crippen molar-refractivity contribution in [1.29, 1.82) is 0 Å². The molecular weight excluding hydrogens is 651 g/mol. The zero-order valence-corrected chi connectivity index (χ0v) is 24.9. The van der Waals surface area contributed by atoms with Crippen LogP contribution in [0.15, 0.2) is 12.1 Å². The van der Waals surface area contributed by atoms with Gasteiger partial charge in [0.25, 0.3) is 5.91 Å². The molecule has 0 aliphatic carbocycles. The van der Waals surface area contributed by atoms with Crippen molar-refractivity contribution in [3.05, 3.63) is 56.7 Å². The Balaban J connectivity index is 1.30. The van der Waals surface area contributed by atoms with E-state index in [1.807, 2.05) is 0 Å². The highest BCUT2D eigenvalue weighted by molar-refractivity contribution is 6.34. The number of amides is 1. The smallest absolute Gasteiger partial charge is 0.416 e. The maximum Gasteiger partial charge on any atom is 0.416 e. The lowest BCUT2D eigenvalue weighted by Crippen LogP contribution is -2.32. The van der Waals surface area contributed by atoms with Gasteiger partial charge >= 0.3 is 18.4 Å². The SMILES string of the molecule is COc1nc2c(c(N3CCCn4nc(C(=O)N5CCC(C(F)(F)F)C5)c(Cl)c4C3)n1)COC(c1c(C(F)(F)F)ccc(N)c1F)C2. The Morgan fingerprint density at radius 3 is 2.57 bits per heavy atom. The number of ether oxygens (including phenoxy) is 2. The molecule has 2 unspecified atom stereocenters. The van der Waals surface area contributed by atoms with Gasteiger partial charge in [-0.1, -0.05) is 11.6 Å². The molecule has 248 valence electrons. The lowest BCUT2D eigenvalue weighted by molar-refractivity contribution is -0.169. The molecule has 3 aliphatic rings. The van der Waals surface area contributed by atoms with E-state index < -0.39 is 59.5 Å². The molecule has 18 heteroatoms. The van der Waals surface area contributed by atoms with Gasteiger partial charge in [-0.25, -0.2) is 4.39 Å². The number of nitrogens with two attached hydrogens (primary N) is 1. The van der Waals surface area contributed by atoms with Crippen LogP contribution in [0.25, 0.3) is 0 Å². The quantitative estimate of drug-likeness (QED) is 0.292. The third-order valence-corrected chi connectivity index (χ3v) is 8.85. The molecule has 3 aromatic rings. The zero-order chi connectivity index (χ0) is 33.1. The highest BCUT2D eigenvalue weighted by atomic mass is 35.5. The van der Waals surface area contributed by atoms with Crippen LogP contribution in [0, 0.1) is 11.7 Å². The topological polar surface area (TPSA) is 112 Å². The van der Waals surface area contributed by atoms with Gasteiger partial charge in [0.1, 0.15) is 5.82 Å². The molecule has 1 amide bonds. The minimum absolute atomic E-state index is 0.00427. The number of carbonyl (C=O) groups excluding carboxylic acids is 1. The number of alkyl halides is 6. The zero-order valence-electron chi connectivity index (χ0n) is 24.2. The number of anilines is 2.